The maximum Gasteiger partial charge on any atom is 0.323 e. The molecule has 2 aromatic carbocycles. The minimum atomic E-state index is -2.44. The van der Waals surface area contributed by atoms with Crippen molar-refractivity contribution in [1.29, 1.82) is 0 Å². The number of aromatic nitrogens is 1. The van der Waals surface area contributed by atoms with Crippen LogP contribution >= 0.6 is 0 Å². The van der Waals surface area contributed by atoms with Gasteiger partial charge in [-0.1, -0.05) is 31.8 Å². The molecule has 4 rings (SSSR count). The van der Waals surface area contributed by atoms with E-state index in [-0.39, 0.29) is 11.7 Å². The zero-order valence-electron chi connectivity index (χ0n) is 21.5. The number of carbonyl (C=O) groups excluding carboxylic acids is 1. The van der Waals surface area contributed by atoms with Gasteiger partial charge in [0, 0.05) is 61.5 Å². The molecule has 0 amide bonds. The number of hydrazine groups is 1. The van der Waals surface area contributed by atoms with Crippen molar-refractivity contribution in [2.45, 2.75) is 26.8 Å². The minimum Gasteiger partial charge on any atom is -0.480 e. The highest BCUT2D eigenvalue weighted by Gasteiger charge is 2.38. The zero-order chi connectivity index (χ0) is 27.4. The Morgan fingerprint density at radius 2 is 1.63 bits per heavy atom. The summed E-state index contributed by atoms with van der Waals surface area (Å²) in [4.78, 5) is 30.0. The van der Waals surface area contributed by atoms with Gasteiger partial charge in [0.25, 0.3) is 0 Å². The highest BCUT2D eigenvalue weighted by molar-refractivity contribution is 7.76. The molecule has 0 aliphatic carbocycles. The summed E-state index contributed by atoms with van der Waals surface area (Å²) in [5.74, 6) is 4.78. The van der Waals surface area contributed by atoms with Gasteiger partial charge < -0.3 is 10.0 Å². The van der Waals surface area contributed by atoms with E-state index in [1.165, 1.54) is 6.92 Å². The van der Waals surface area contributed by atoms with E-state index in [9.17, 15) is 23.5 Å². The Labute approximate surface area is 224 Å². The predicted octanol–water partition coefficient (Wildman–Crippen LogP) is 3.42. The number of nitrogens with zero attached hydrogens (tertiary/aromatic N) is 4. The number of ketones is 1. The van der Waals surface area contributed by atoms with Gasteiger partial charge in [0.05, 0.1) is 0 Å². The van der Waals surface area contributed by atoms with Crippen LogP contribution in [0.25, 0.3) is 10.8 Å². The molecule has 1 fully saturated rings. The van der Waals surface area contributed by atoms with Crippen LogP contribution in [0, 0.1) is 17.8 Å². The third-order valence-corrected chi connectivity index (χ3v) is 7.28. The van der Waals surface area contributed by atoms with E-state index < -0.39 is 23.3 Å². The smallest absolute Gasteiger partial charge is 0.323 e. The lowest BCUT2D eigenvalue weighted by atomic mass is 10.0. The molecule has 0 bridgehead atoms. The molecule has 38 heavy (non-hydrogen) atoms. The lowest BCUT2D eigenvalue weighted by Crippen LogP contribution is -2.60. The number of anilines is 1. The van der Waals surface area contributed by atoms with E-state index >= 15 is 0 Å². The van der Waals surface area contributed by atoms with E-state index in [2.05, 4.69) is 21.7 Å². The number of piperazine rings is 1. The normalized spacial score (nSPS) is 15.8. The SMILES string of the molecule is CC(=O)c1nccc2ccc(C#Cc3ccc(N4CCN(N(C(C(=O)O)C(C)C)S(=O)O)CC4)cc3)cc12. The lowest BCUT2D eigenvalue weighted by molar-refractivity contribution is -0.148. The summed E-state index contributed by atoms with van der Waals surface area (Å²) in [7, 11) is 0. The second kappa shape index (κ2) is 11.8. The van der Waals surface area contributed by atoms with Crippen molar-refractivity contribution in [1.82, 2.24) is 14.4 Å². The Hall–Kier alpha value is -3.62. The number of carboxylic acid groups (broad SMARTS) is 1. The second-order valence-electron chi connectivity index (χ2n) is 9.45. The summed E-state index contributed by atoms with van der Waals surface area (Å²) >= 11 is -2.44. The maximum absolute atomic E-state index is 12.0. The van der Waals surface area contributed by atoms with Gasteiger partial charge in [0.2, 0.25) is 11.3 Å². The number of aliphatic carboxylic acids is 1. The van der Waals surface area contributed by atoms with Crippen molar-refractivity contribution in [2.24, 2.45) is 5.92 Å². The van der Waals surface area contributed by atoms with Gasteiger partial charge in [-0.25, -0.2) is 9.22 Å². The number of fused-ring (bicyclic) bond motifs is 1. The van der Waals surface area contributed by atoms with Gasteiger partial charge in [-0.2, -0.15) is 0 Å². The fourth-order valence-corrected chi connectivity index (χ4v) is 5.47. The second-order valence-corrected chi connectivity index (χ2v) is 10.3. The largest absolute Gasteiger partial charge is 0.480 e. The molecular formula is C28H30N4O5S. The number of Topliss-reactive ketones (excluding diaryl/α,β-unsaturated/α-hetero) is 1. The summed E-state index contributed by atoms with van der Waals surface area (Å²) in [6.07, 6.45) is 1.63. The molecule has 1 aromatic heterocycles. The van der Waals surface area contributed by atoms with Crippen LogP contribution in [0.1, 0.15) is 42.4 Å². The average molecular weight is 535 g/mol. The van der Waals surface area contributed by atoms with Crippen molar-refractivity contribution in [3.8, 4) is 11.8 Å². The molecule has 2 unspecified atom stereocenters. The van der Waals surface area contributed by atoms with Gasteiger partial charge in [-0.3, -0.25) is 19.1 Å². The van der Waals surface area contributed by atoms with Crippen molar-refractivity contribution >= 4 is 39.5 Å². The van der Waals surface area contributed by atoms with Gasteiger partial charge >= 0.3 is 5.97 Å². The molecule has 0 saturated carbocycles. The molecule has 2 N–H and O–H groups in total. The molecule has 2 atom stereocenters. The molecule has 0 radical (unpaired) electrons. The first kappa shape index (κ1) is 27.4. The monoisotopic (exact) mass is 534 g/mol. The minimum absolute atomic E-state index is 0.0870. The molecular weight excluding hydrogens is 504 g/mol. The Morgan fingerprint density at radius 3 is 2.21 bits per heavy atom. The van der Waals surface area contributed by atoms with Crippen molar-refractivity contribution in [3.63, 3.8) is 0 Å². The average Bonchev–Trinajstić information content (AvgIpc) is 2.89. The first-order valence-corrected chi connectivity index (χ1v) is 13.4. The highest BCUT2D eigenvalue weighted by Crippen LogP contribution is 2.22. The van der Waals surface area contributed by atoms with Crippen molar-refractivity contribution in [2.75, 3.05) is 31.1 Å². The Morgan fingerprint density at radius 1 is 1.00 bits per heavy atom. The first-order chi connectivity index (χ1) is 18.2. The molecule has 1 aliphatic heterocycles. The number of carboxylic acids is 1. The van der Waals surface area contributed by atoms with Crippen LogP contribution in [0.4, 0.5) is 5.69 Å². The summed E-state index contributed by atoms with van der Waals surface area (Å²) in [6, 6.07) is 14.4. The molecule has 2 heterocycles. The Balaban J connectivity index is 1.44. The van der Waals surface area contributed by atoms with Crippen LogP contribution in [0.5, 0.6) is 0 Å². The molecule has 198 valence electrons. The maximum atomic E-state index is 12.0. The molecule has 9 nitrogen and oxygen atoms in total. The van der Waals surface area contributed by atoms with E-state index in [1.807, 2.05) is 48.5 Å². The molecule has 1 aliphatic rings. The van der Waals surface area contributed by atoms with E-state index in [0.29, 0.717) is 31.9 Å². The molecule has 10 heteroatoms. The third kappa shape index (κ3) is 6.09. The number of pyridine rings is 1. The molecule has 0 spiro atoms. The topological polar surface area (TPSA) is 114 Å². The number of rotatable bonds is 7. The Kier molecular flexibility index (Phi) is 8.54. The van der Waals surface area contributed by atoms with Gasteiger partial charge in [-0.05, 0) is 53.8 Å². The van der Waals surface area contributed by atoms with Crippen LogP contribution in [0.2, 0.25) is 0 Å². The van der Waals surface area contributed by atoms with Crippen molar-refractivity contribution < 1.29 is 23.5 Å². The number of carbonyl (C=O) groups is 2. The van der Waals surface area contributed by atoms with Gasteiger partial charge in [0.1, 0.15) is 11.7 Å². The fraction of sp³-hybridized carbons (Fsp3) is 0.321. The highest BCUT2D eigenvalue weighted by atomic mass is 32.2. The summed E-state index contributed by atoms with van der Waals surface area (Å²) in [5, 5.41) is 13.0. The number of benzene rings is 2. The molecule has 3 aromatic rings. The van der Waals surface area contributed by atoms with Crippen LogP contribution in [-0.4, -0.2) is 72.2 Å². The molecule has 1 saturated heterocycles. The van der Waals surface area contributed by atoms with Gasteiger partial charge in [0.15, 0.2) is 5.78 Å². The van der Waals surface area contributed by atoms with Crippen molar-refractivity contribution in [3.05, 3.63) is 71.5 Å². The van der Waals surface area contributed by atoms with Crippen LogP contribution in [-0.2, 0) is 16.1 Å². The first-order valence-electron chi connectivity index (χ1n) is 12.3. The number of hydrogen-bond acceptors (Lipinski definition) is 6. The van der Waals surface area contributed by atoms with Gasteiger partial charge in [-0.15, -0.1) is 4.41 Å². The van der Waals surface area contributed by atoms with E-state index in [1.54, 1.807) is 25.1 Å². The predicted molar refractivity (Wildman–Crippen MR) is 147 cm³/mol. The summed E-state index contributed by atoms with van der Waals surface area (Å²) in [6.45, 7) is 6.94. The van der Waals surface area contributed by atoms with E-state index in [4.69, 9.17) is 0 Å². The van der Waals surface area contributed by atoms with Crippen LogP contribution in [0.15, 0.2) is 54.7 Å². The third-order valence-electron chi connectivity index (χ3n) is 6.50. The fourth-order valence-electron chi connectivity index (χ4n) is 4.58. The Bertz CT molecular complexity index is 1420. The van der Waals surface area contributed by atoms with E-state index in [0.717, 1.165) is 32.0 Å². The quantitative estimate of drug-likeness (QED) is 0.269. The zero-order valence-corrected chi connectivity index (χ0v) is 22.3. The summed E-state index contributed by atoms with van der Waals surface area (Å²) in [5.41, 5.74) is 3.06. The summed E-state index contributed by atoms with van der Waals surface area (Å²) < 4.78 is 22.9. The number of hydrogen-bond donors (Lipinski definition) is 2. The lowest BCUT2D eigenvalue weighted by Gasteiger charge is -2.42. The van der Waals surface area contributed by atoms with Crippen LogP contribution < -0.4 is 4.90 Å². The van der Waals surface area contributed by atoms with Crippen LogP contribution in [0.3, 0.4) is 0 Å². The standard InChI is InChI=1S/C28H30N4O5S/c1-19(2)27(28(34)35)32(38(36)37)31-16-14-30(15-17-31)24-10-7-21(8-11-24)4-5-22-6-9-23-12-13-29-26(20(3)33)25(23)18-22/h6-13,18-19,27H,14-17H2,1-3H3,(H,34,35)(H,36,37).